The summed E-state index contributed by atoms with van der Waals surface area (Å²) < 4.78 is 25.4. The van der Waals surface area contributed by atoms with Gasteiger partial charge in [0.25, 0.3) is 0 Å². The van der Waals surface area contributed by atoms with Gasteiger partial charge in [-0.05, 0) is 6.07 Å². The van der Waals surface area contributed by atoms with Crippen LogP contribution in [0.4, 0.5) is 0 Å². The molecule has 0 aliphatic carbocycles. The molecule has 0 bridgehead atoms. The zero-order valence-corrected chi connectivity index (χ0v) is 6.18. The predicted octanol–water partition coefficient (Wildman–Crippen LogP) is 0.353. The zero-order valence-electron chi connectivity index (χ0n) is 5.37. The maximum atomic E-state index is 10.5. The van der Waals surface area contributed by atoms with Crippen molar-refractivity contribution in [3.8, 4) is 5.88 Å². The van der Waals surface area contributed by atoms with Crippen LogP contribution in [0.5, 0.6) is 5.88 Å². The summed E-state index contributed by atoms with van der Waals surface area (Å²) in [5.74, 6) is 0.238. The monoisotopic (exact) mass is 161 g/mol. The van der Waals surface area contributed by atoms with Crippen molar-refractivity contribution in [2.45, 2.75) is 0 Å². The van der Waals surface area contributed by atoms with Gasteiger partial charge in [0.1, 0.15) is 0 Å². The lowest BCUT2D eigenvalue weighted by Crippen LogP contribution is -2.05. The van der Waals surface area contributed by atoms with E-state index in [1.54, 1.807) is 12.3 Å². The second-order valence-electron chi connectivity index (χ2n) is 1.82. The van der Waals surface area contributed by atoms with E-state index in [9.17, 15) is 8.42 Å². The van der Waals surface area contributed by atoms with Crippen LogP contribution in [0.2, 0.25) is 0 Å². The lowest BCUT2D eigenvalue weighted by molar-refractivity contribution is 0.484. The molecule has 1 aromatic rings. The van der Waals surface area contributed by atoms with E-state index in [4.69, 9.17) is 0 Å². The number of H-pyrrole nitrogens is 1. The number of hydrogen-bond donors (Lipinski definition) is 1. The van der Waals surface area contributed by atoms with E-state index in [-0.39, 0.29) is 5.88 Å². The first-order valence-corrected chi connectivity index (χ1v) is 4.42. The standard InChI is InChI=1S/C5H7NO3S/c1-10(7,8)9-5-3-2-4-6-5/h2-4,6H,1H3. The molecule has 0 radical (unpaired) electrons. The highest BCUT2D eigenvalue weighted by Crippen LogP contribution is 2.06. The fraction of sp³-hybridized carbons (Fsp3) is 0.200. The van der Waals surface area contributed by atoms with Gasteiger partial charge in [0, 0.05) is 12.3 Å². The second kappa shape index (κ2) is 2.34. The molecule has 0 fully saturated rings. The summed E-state index contributed by atoms with van der Waals surface area (Å²) in [5, 5.41) is 0. The molecule has 1 rings (SSSR count). The zero-order chi connectivity index (χ0) is 7.61. The van der Waals surface area contributed by atoms with Crippen molar-refractivity contribution >= 4 is 10.1 Å². The maximum absolute atomic E-state index is 10.5. The van der Waals surface area contributed by atoms with E-state index < -0.39 is 10.1 Å². The van der Waals surface area contributed by atoms with E-state index in [1.807, 2.05) is 0 Å². The van der Waals surface area contributed by atoms with E-state index >= 15 is 0 Å². The Morgan fingerprint density at radius 1 is 1.60 bits per heavy atom. The number of rotatable bonds is 2. The molecular weight excluding hydrogens is 154 g/mol. The fourth-order valence-corrected chi connectivity index (χ4v) is 0.959. The van der Waals surface area contributed by atoms with Crippen molar-refractivity contribution in [2.75, 3.05) is 6.26 Å². The molecule has 0 amide bonds. The summed E-state index contributed by atoms with van der Waals surface area (Å²) in [4.78, 5) is 2.59. The van der Waals surface area contributed by atoms with Gasteiger partial charge in [0.15, 0.2) is 0 Å². The van der Waals surface area contributed by atoms with Gasteiger partial charge in [-0.25, -0.2) is 0 Å². The molecule has 0 aliphatic rings. The number of nitrogens with one attached hydrogen (secondary N) is 1. The fourth-order valence-electron chi connectivity index (χ4n) is 0.529. The Labute approximate surface area is 59.0 Å². The van der Waals surface area contributed by atoms with Crippen molar-refractivity contribution in [3.63, 3.8) is 0 Å². The van der Waals surface area contributed by atoms with Gasteiger partial charge < -0.3 is 9.17 Å². The van der Waals surface area contributed by atoms with Crippen LogP contribution in [0, 0.1) is 0 Å². The summed E-state index contributed by atoms with van der Waals surface area (Å²) >= 11 is 0. The molecule has 0 aliphatic heterocycles. The molecular formula is C5H7NO3S. The molecule has 1 aromatic heterocycles. The molecule has 0 spiro atoms. The molecule has 4 nitrogen and oxygen atoms in total. The largest absolute Gasteiger partial charge is 0.364 e. The van der Waals surface area contributed by atoms with Crippen LogP contribution in [0.1, 0.15) is 0 Å². The first-order chi connectivity index (χ1) is 4.58. The van der Waals surface area contributed by atoms with Crippen LogP contribution in [0.15, 0.2) is 18.3 Å². The molecule has 0 unspecified atom stereocenters. The van der Waals surface area contributed by atoms with Crippen LogP contribution >= 0.6 is 0 Å². The summed E-state index contributed by atoms with van der Waals surface area (Å²) in [6.07, 6.45) is 2.58. The quantitative estimate of drug-likeness (QED) is 0.637. The topological polar surface area (TPSA) is 59.2 Å². The molecule has 1 N–H and O–H groups in total. The Bertz CT molecular complexity index is 287. The molecule has 0 saturated heterocycles. The summed E-state index contributed by atoms with van der Waals surface area (Å²) in [5.41, 5.74) is 0. The summed E-state index contributed by atoms with van der Waals surface area (Å²) in [6.45, 7) is 0. The van der Waals surface area contributed by atoms with Crippen molar-refractivity contribution < 1.29 is 12.6 Å². The average molecular weight is 161 g/mol. The van der Waals surface area contributed by atoms with Crippen molar-refractivity contribution in [3.05, 3.63) is 18.3 Å². The van der Waals surface area contributed by atoms with E-state index in [1.165, 1.54) is 6.07 Å². The molecule has 10 heavy (non-hydrogen) atoms. The van der Waals surface area contributed by atoms with Crippen molar-refractivity contribution in [1.82, 2.24) is 4.98 Å². The second-order valence-corrected chi connectivity index (χ2v) is 3.40. The van der Waals surface area contributed by atoms with Gasteiger partial charge in [-0.2, -0.15) is 8.42 Å². The third-order valence-electron chi connectivity index (χ3n) is 0.811. The number of aromatic amines is 1. The molecule has 1 heterocycles. The normalized spacial score (nSPS) is 11.3. The van der Waals surface area contributed by atoms with Gasteiger partial charge in [-0.15, -0.1) is 0 Å². The average Bonchev–Trinajstić information content (AvgIpc) is 2.12. The highest BCUT2D eigenvalue weighted by Gasteiger charge is 2.02. The Balaban J connectivity index is 2.75. The lowest BCUT2D eigenvalue weighted by Gasteiger charge is -1.96. The Morgan fingerprint density at radius 3 is 2.70 bits per heavy atom. The minimum absolute atomic E-state index is 0.238. The highest BCUT2D eigenvalue weighted by molar-refractivity contribution is 7.86. The highest BCUT2D eigenvalue weighted by atomic mass is 32.2. The van der Waals surface area contributed by atoms with E-state index in [0.717, 1.165) is 6.26 Å². The Morgan fingerprint density at radius 2 is 2.30 bits per heavy atom. The molecule has 0 atom stereocenters. The van der Waals surface area contributed by atoms with Gasteiger partial charge >= 0.3 is 10.1 Å². The van der Waals surface area contributed by atoms with Crippen LogP contribution in [-0.4, -0.2) is 19.7 Å². The minimum atomic E-state index is -3.38. The Hall–Kier alpha value is -0.970. The molecule has 5 heteroatoms. The third kappa shape index (κ3) is 2.10. The first-order valence-electron chi connectivity index (χ1n) is 2.61. The van der Waals surface area contributed by atoms with Crippen LogP contribution in [0.25, 0.3) is 0 Å². The van der Waals surface area contributed by atoms with E-state index in [0.29, 0.717) is 0 Å². The number of hydrogen-bond acceptors (Lipinski definition) is 3. The van der Waals surface area contributed by atoms with Crippen molar-refractivity contribution in [1.29, 1.82) is 0 Å². The Kier molecular flexibility index (Phi) is 1.67. The van der Waals surface area contributed by atoms with Crippen LogP contribution in [0.3, 0.4) is 0 Å². The molecule has 0 aromatic carbocycles. The third-order valence-corrected chi connectivity index (χ3v) is 1.29. The minimum Gasteiger partial charge on any atom is -0.364 e. The summed E-state index contributed by atoms with van der Waals surface area (Å²) in [7, 11) is -3.38. The number of aromatic nitrogens is 1. The van der Waals surface area contributed by atoms with Gasteiger partial charge in [-0.3, -0.25) is 0 Å². The predicted molar refractivity (Wildman–Crippen MR) is 36.3 cm³/mol. The lowest BCUT2D eigenvalue weighted by atomic mass is 10.7. The van der Waals surface area contributed by atoms with Gasteiger partial charge in [0.2, 0.25) is 5.88 Å². The molecule has 56 valence electrons. The van der Waals surface area contributed by atoms with E-state index in [2.05, 4.69) is 9.17 Å². The SMILES string of the molecule is CS(=O)(=O)Oc1ccc[nH]1. The van der Waals surface area contributed by atoms with Crippen LogP contribution < -0.4 is 4.18 Å². The maximum Gasteiger partial charge on any atom is 0.307 e. The first kappa shape index (κ1) is 7.14. The smallest absolute Gasteiger partial charge is 0.307 e. The van der Waals surface area contributed by atoms with Crippen LogP contribution in [-0.2, 0) is 10.1 Å². The van der Waals surface area contributed by atoms with Crippen molar-refractivity contribution in [2.24, 2.45) is 0 Å². The summed E-state index contributed by atoms with van der Waals surface area (Å²) in [6, 6.07) is 3.18. The van der Waals surface area contributed by atoms with Gasteiger partial charge in [-0.1, -0.05) is 0 Å². The molecule has 0 saturated carbocycles. The van der Waals surface area contributed by atoms with Gasteiger partial charge in [0.05, 0.1) is 6.26 Å².